The summed E-state index contributed by atoms with van der Waals surface area (Å²) in [5.74, 6) is 0. The van der Waals surface area contributed by atoms with E-state index < -0.39 is 24.1 Å². The Morgan fingerprint density at radius 1 is 1.00 bits per heavy atom. The van der Waals surface area contributed by atoms with E-state index in [0.717, 1.165) is 18.4 Å². The van der Waals surface area contributed by atoms with Gasteiger partial charge in [-0.3, -0.25) is 0 Å². The van der Waals surface area contributed by atoms with Gasteiger partial charge in [0.1, 0.15) is 8.93 Å². The number of hydrogen-bond acceptors (Lipinski definition) is 3. The van der Waals surface area contributed by atoms with Crippen LogP contribution >= 0.6 is 16.4 Å². The van der Waals surface area contributed by atoms with Crippen molar-refractivity contribution in [2.45, 2.75) is 103 Å². The number of hydrogen-bond donors (Lipinski definition) is 0. The lowest BCUT2D eigenvalue weighted by Crippen LogP contribution is -2.49. The third-order valence-electron chi connectivity index (χ3n) is 6.77. The van der Waals surface area contributed by atoms with Crippen LogP contribution in [0.3, 0.4) is 0 Å². The molecule has 162 valence electrons. The highest BCUT2D eigenvalue weighted by atomic mass is 32.0. The molecule has 0 aliphatic heterocycles. The predicted molar refractivity (Wildman–Crippen MR) is 133 cm³/mol. The van der Waals surface area contributed by atoms with Crippen LogP contribution in [0, 0.1) is 0 Å². The summed E-state index contributed by atoms with van der Waals surface area (Å²) in [4.78, 5) is 0. The van der Waals surface area contributed by atoms with Crippen molar-refractivity contribution in [1.82, 2.24) is 0 Å². The summed E-state index contributed by atoms with van der Waals surface area (Å²) in [5.41, 5.74) is 2.38. The number of allylic oxidation sites excluding steroid dienone is 1. The molecular formula is C21H43O3P2Si2+. The fourth-order valence-corrected chi connectivity index (χ4v) is 6.07. The zero-order valence-electron chi connectivity index (χ0n) is 19.8. The fourth-order valence-electron chi connectivity index (χ4n) is 2.71. The second-order valence-corrected chi connectivity index (χ2v) is 23.6. The van der Waals surface area contributed by atoms with E-state index in [4.69, 9.17) is 8.85 Å². The average Bonchev–Trinajstić information content (AvgIpc) is 2.46. The van der Waals surface area contributed by atoms with Gasteiger partial charge in [0.15, 0.2) is 22.8 Å². The van der Waals surface area contributed by atoms with Crippen molar-refractivity contribution >= 4 is 33.1 Å². The topological polar surface area (TPSA) is 35.5 Å². The van der Waals surface area contributed by atoms with E-state index in [1.54, 1.807) is 0 Å². The molecule has 1 rings (SSSR count). The van der Waals surface area contributed by atoms with Crippen LogP contribution in [0.1, 0.15) is 54.4 Å². The van der Waals surface area contributed by atoms with Gasteiger partial charge in [-0.25, -0.2) is 0 Å². The summed E-state index contributed by atoms with van der Waals surface area (Å²) < 4.78 is 25.2. The van der Waals surface area contributed by atoms with Crippen LogP contribution in [0.25, 0.3) is 0 Å². The molecule has 0 radical (unpaired) electrons. The molecule has 1 saturated carbocycles. The first-order chi connectivity index (χ1) is 12.4. The highest BCUT2D eigenvalue weighted by Gasteiger charge is 2.45. The standard InChI is InChI=1S/C21H43O3P2Si2/c1-16-18(23-27(8,9)20(2,3)4)14-17(12-13-26(22)25)15-19(16)24-28(10,11)21(5,6)7/h12,18-19H,1,13-15,25H2,2-11H3/q+1/t18-,19+. The predicted octanol–water partition coefficient (Wildman–Crippen LogP) is 7.66. The molecule has 2 unspecified atom stereocenters. The maximum Gasteiger partial charge on any atom is 0.353 e. The fraction of sp³-hybridized carbons (Fsp3) is 0.810. The molecule has 3 nitrogen and oxygen atoms in total. The van der Waals surface area contributed by atoms with E-state index in [9.17, 15) is 4.57 Å². The molecule has 0 bridgehead atoms. The lowest BCUT2D eigenvalue weighted by Gasteiger charge is -2.46. The van der Waals surface area contributed by atoms with Crippen molar-refractivity contribution < 1.29 is 13.4 Å². The van der Waals surface area contributed by atoms with Gasteiger partial charge in [-0.05, 0) is 60.8 Å². The van der Waals surface area contributed by atoms with Crippen molar-refractivity contribution in [3.8, 4) is 0 Å². The van der Waals surface area contributed by atoms with Gasteiger partial charge in [-0.15, -0.1) is 0 Å². The molecule has 0 aromatic rings. The molecule has 0 aromatic heterocycles. The van der Waals surface area contributed by atoms with Crippen LogP contribution in [0.5, 0.6) is 0 Å². The van der Waals surface area contributed by atoms with Gasteiger partial charge in [-0.1, -0.05) is 58.3 Å². The zero-order valence-corrected chi connectivity index (χ0v) is 23.9. The molecule has 1 fully saturated rings. The summed E-state index contributed by atoms with van der Waals surface area (Å²) >= 11 is 0. The molecule has 0 aromatic carbocycles. The van der Waals surface area contributed by atoms with Crippen molar-refractivity contribution in [3.05, 3.63) is 23.8 Å². The Hall–Kier alpha value is 0.364. The van der Waals surface area contributed by atoms with Gasteiger partial charge in [0.05, 0.1) is 12.2 Å². The van der Waals surface area contributed by atoms with Crippen molar-refractivity contribution in [2.75, 3.05) is 6.16 Å². The Bertz CT molecular complexity index is 587. The highest BCUT2D eigenvalue weighted by molar-refractivity contribution is 8.06. The summed E-state index contributed by atoms with van der Waals surface area (Å²) in [7, 11) is -2.69. The van der Waals surface area contributed by atoms with Gasteiger partial charge in [0, 0.05) is 0 Å². The van der Waals surface area contributed by atoms with Gasteiger partial charge in [0.2, 0.25) is 0 Å². The van der Waals surface area contributed by atoms with E-state index in [-0.39, 0.29) is 22.3 Å². The van der Waals surface area contributed by atoms with Crippen molar-refractivity contribution in [3.63, 3.8) is 0 Å². The van der Waals surface area contributed by atoms with E-state index in [2.05, 4.69) is 89.3 Å². The second kappa shape index (κ2) is 9.24. The highest BCUT2D eigenvalue weighted by Crippen LogP contribution is 2.44. The molecule has 0 heterocycles. The van der Waals surface area contributed by atoms with E-state index in [1.165, 1.54) is 5.57 Å². The van der Waals surface area contributed by atoms with Crippen LogP contribution in [0.4, 0.5) is 0 Å². The molecule has 28 heavy (non-hydrogen) atoms. The smallest absolute Gasteiger partial charge is 0.353 e. The molecule has 0 N–H and O–H groups in total. The van der Waals surface area contributed by atoms with Gasteiger partial charge in [0.25, 0.3) is 0 Å². The maximum atomic E-state index is 11.6. The van der Waals surface area contributed by atoms with Crippen LogP contribution in [0.2, 0.25) is 36.3 Å². The Labute approximate surface area is 179 Å². The molecular weight excluding hydrogens is 418 g/mol. The van der Waals surface area contributed by atoms with Gasteiger partial charge >= 0.3 is 7.49 Å². The largest absolute Gasteiger partial charge is 0.410 e. The average molecular weight is 462 g/mol. The van der Waals surface area contributed by atoms with E-state index in [1.807, 2.05) is 0 Å². The minimum Gasteiger partial charge on any atom is -0.410 e. The summed E-state index contributed by atoms with van der Waals surface area (Å²) in [6.45, 7) is 27.2. The first kappa shape index (κ1) is 26.4. The molecule has 0 saturated heterocycles. The van der Waals surface area contributed by atoms with E-state index in [0.29, 0.717) is 6.16 Å². The van der Waals surface area contributed by atoms with Gasteiger partial charge < -0.3 is 8.85 Å². The Balaban J connectivity index is 3.17. The minimum atomic E-state index is -1.93. The third-order valence-corrected chi connectivity index (χ3v) is 16.9. The van der Waals surface area contributed by atoms with Crippen molar-refractivity contribution in [2.24, 2.45) is 0 Å². The van der Waals surface area contributed by atoms with Crippen molar-refractivity contribution in [1.29, 1.82) is 0 Å². The van der Waals surface area contributed by atoms with Crippen LogP contribution < -0.4 is 0 Å². The SMILES string of the molecule is C=C1[C@@H](O[Si](C)(C)C(C)(C)C)CC(=CC[P+](=O)P)C[C@H]1O[Si](C)(C)C(C)(C)C. The quantitative estimate of drug-likeness (QED) is 0.231. The van der Waals surface area contributed by atoms with Crippen LogP contribution in [-0.4, -0.2) is 35.0 Å². The van der Waals surface area contributed by atoms with E-state index >= 15 is 0 Å². The summed E-state index contributed by atoms with van der Waals surface area (Å²) in [5, 5.41) is 0.293. The van der Waals surface area contributed by atoms with Gasteiger partial charge in [-0.2, -0.15) is 0 Å². The molecule has 7 heteroatoms. The summed E-state index contributed by atoms with van der Waals surface area (Å²) in [6.07, 6.45) is 4.40. The molecule has 1 aliphatic rings. The Kier molecular flexibility index (Phi) is 8.71. The second-order valence-electron chi connectivity index (χ2n) is 11.2. The Morgan fingerprint density at radius 2 is 1.36 bits per heavy atom. The monoisotopic (exact) mass is 461 g/mol. The first-order valence-electron chi connectivity index (χ1n) is 10.3. The number of rotatable bonds is 6. The normalized spacial score (nSPS) is 24.6. The lowest BCUT2D eigenvalue weighted by atomic mass is 9.86. The summed E-state index contributed by atoms with van der Waals surface area (Å²) in [6, 6.07) is 0. The molecule has 0 spiro atoms. The lowest BCUT2D eigenvalue weighted by molar-refractivity contribution is 0.132. The molecule has 1 aliphatic carbocycles. The third kappa shape index (κ3) is 6.96. The zero-order chi connectivity index (χ0) is 22.1. The van der Waals surface area contributed by atoms with Crippen LogP contribution in [0.15, 0.2) is 23.8 Å². The first-order valence-corrected chi connectivity index (χ1v) is 19.2. The Morgan fingerprint density at radius 3 is 1.64 bits per heavy atom. The van der Waals surface area contributed by atoms with Crippen LogP contribution in [-0.2, 0) is 13.4 Å². The molecule has 4 atom stereocenters. The molecule has 0 amide bonds. The minimum absolute atomic E-state index is 0.0157. The maximum absolute atomic E-state index is 11.6.